The lowest BCUT2D eigenvalue weighted by molar-refractivity contribution is 0.334. The SMILES string of the molecule is [B]c1ccc(CNCCC2CCCCC2)cn1. The van der Waals surface area contributed by atoms with Crippen molar-refractivity contribution in [1.29, 1.82) is 0 Å². The second kappa shape index (κ2) is 6.80. The van der Waals surface area contributed by atoms with Crippen molar-refractivity contribution in [3.05, 3.63) is 23.9 Å². The Morgan fingerprint density at radius 2 is 2.06 bits per heavy atom. The minimum absolute atomic E-state index is 0.593. The number of nitrogens with zero attached hydrogens (tertiary/aromatic N) is 1. The van der Waals surface area contributed by atoms with Gasteiger partial charge in [0.15, 0.2) is 0 Å². The van der Waals surface area contributed by atoms with Crippen LogP contribution in [0.2, 0.25) is 0 Å². The van der Waals surface area contributed by atoms with Gasteiger partial charge in [0, 0.05) is 12.7 Å². The van der Waals surface area contributed by atoms with Gasteiger partial charge in [0.1, 0.15) is 7.85 Å². The molecule has 1 heterocycles. The van der Waals surface area contributed by atoms with Gasteiger partial charge in [-0.2, -0.15) is 0 Å². The van der Waals surface area contributed by atoms with Crippen molar-refractivity contribution in [2.24, 2.45) is 5.92 Å². The lowest BCUT2D eigenvalue weighted by atomic mass is 9.87. The summed E-state index contributed by atoms with van der Waals surface area (Å²) in [6.07, 6.45) is 10.4. The van der Waals surface area contributed by atoms with Crippen LogP contribution >= 0.6 is 0 Å². The lowest BCUT2D eigenvalue weighted by Gasteiger charge is -2.21. The maximum atomic E-state index is 5.55. The van der Waals surface area contributed by atoms with E-state index < -0.39 is 0 Å². The van der Waals surface area contributed by atoms with Gasteiger partial charge in [-0.15, -0.1) is 0 Å². The molecule has 2 rings (SSSR count). The molecule has 90 valence electrons. The summed E-state index contributed by atoms with van der Waals surface area (Å²) in [7, 11) is 5.55. The number of pyridine rings is 1. The molecule has 0 amide bonds. The van der Waals surface area contributed by atoms with E-state index in [-0.39, 0.29) is 0 Å². The van der Waals surface area contributed by atoms with Gasteiger partial charge in [0.05, 0.1) is 0 Å². The van der Waals surface area contributed by atoms with Crippen LogP contribution in [-0.2, 0) is 6.54 Å². The van der Waals surface area contributed by atoms with Crippen LogP contribution in [-0.4, -0.2) is 19.4 Å². The summed E-state index contributed by atoms with van der Waals surface area (Å²) >= 11 is 0. The molecule has 0 spiro atoms. The third-order valence-corrected chi connectivity index (χ3v) is 3.63. The smallest absolute Gasteiger partial charge is 0.141 e. The van der Waals surface area contributed by atoms with Crippen molar-refractivity contribution in [3.63, 3.8) is 0 Å². The highest BCUT2D eigenvalue weighted by Crippen LogP contribution is 2.25. The molecule has 0 aliphatic heterocycles. The maximum absolute atomic E-state index is 5.55. The van der Waals surface area contributed by atoms with Gasteiger partial charge in [0.25, 0.3) is 0 Å². The third-order valence-electron chi connectivity index (χ3n) is 3.63. The van der Waals surface area contributed by atoms with E-state index in [2.05, 4.69) is 10.3 Å². The lowest BCUT2D eigenvalue weighted by Crippen LogP contribution is -2.19. The second-order valence-electron chi connectivity index (χ2n) is 5.06. The maximum Gasteiger partial charge on any atom is 0.141 e. The molecule has 1 aliphatic carbocycles. The van der Waals surface area contributed by atoms with Crippen molar-refractivity contribution in [2.45, 2.75) is 45.1 Å². The Labute approximate surface area is 106 Å². The molecule has 0 unspecified atom stereocenters. The summed E-state index contributed by atoms with van der Waals surface area (Å²) in [5.41, 5.74) is 1.80. The van der Waals surface area contributed by atoms with Crippen molar-refractivity contribution in [3.8, 4) is 0 Å². The van der Waals surface area contributed by atoms with E-state index in [1.807, 2.05) is 18.3 Å². The number of hydrogen-bond donors (Lipinski definition) is 1. The quantitative estimate of drug-likeness (QED) is 0.615. The fourth-order valence-corrected chi connectivity index (χ4v) is 2.56. The Bertz CT molecular complexity index is 317. The van der Waals surface area contributed by atoms with Crippen LogP contribution in [0.1, 0.15) is 44.1 Å². The number of aromatic nitrogens is 1. The van der Waals surface area contributed by atoms with Gasteiger partial charge in [-0.25, -0.2) is 0 Å². The zero-order valence-corrected chi connectivity index (χ0v) is 10.5. The Morgan fingerprint density at radius 1 is 1.24 bits per heavy atom. The molecule has 1 N–H and O–H groups in total. The molecule has 0 bridgehead atoms. The number of nitrogens with one attached hydrogen (secondary N) is 1. The Hall–Kier alpha value is -0.825. The topological polar surface area (TPSA) is 24.9 Å². The fraction of sp³-hybridized carbons (Fsp3) is 0.643. The van der Waals surface area contributed by atoms with Gasteiger partial charge < -0.3 is 5.32 Å². The summed E-state index contributed by atoms with van der Waals surface area (Å²) in [6, 6.07) is 3.90. The van der Waals surface area contributed by atoms with E-state index in [1.165, 1.54) is 44.1 Å². The Kier molecular flexibility index (Phi) is 5.05. The molecule has 17 heavy (non-hydrogen) atoms. The molecule has 1 aromatic heterocycles. The molecule has 2 radical (unpaired) electrons. The Morgan fingerprint density at radius 3 is 2.76 bits per heavy atom. The molecule has 3 heteroatoms. The summed E-state index contributed by atoms with van der Waals surface area (Å²) in [4.78, 5) is 4.09. The summed E-state index contributed by atoms with van der Waals surface area (Å²) in [6.45, 7) is 2.02. The van der Waals surface area contributed by atoms with E-state index in [4.69, 9.17) is 7.85 Å². The predicted molar refractivity (Wildman–Crippen MR) is 72.5 cm³/mol. The van der Waals surface area contributed by atoms with E-state index >= 15 is 0 Å². The number of rotatable bonds is 5. The van der Waals surface area contributed by atoms with Crippen LogP contribution in [0, 0.1) is 5.92 Å². The van der Waals surface area contributed by atoms with Gasteiger partial charge in [-0.1, -0.05) is 44.2 Å². The average Bonchev–Trinajstić information content (AvgIpc) is 2.38. The molecule has 0 aromatic carbocycles. The summed E-state index contributed by atoms with van der Waals surface area (Å²) < 4.78 is 0. The van der Waals surface area contributed by atoms with Gasteiger partial charge in [-0.3, -0.25) is 4.98 Å². The minimum Gasteiger partial charge on any atom is -0.313 e. The summed E-state index contributed by atoms with van der Waals surface area (Å²) in [5, 5.41) is 3.49. The van der Waals surface area contributed by atoms with Crippen LogP contribution in [0.3, 0.4) is 0 Å². The van der Waals surface area contributed by atoms with Crippen molar-refractivity contribution in [1.82, 2.24) is 10.3 Å². The molecule has 1 aliphatic rings. The van der Waals surface area contributed by atoms with E-state index in [9.17, 15) is 0 Å². The molecule has 2 nitrogen and oxygen atoms in total. The van der Waals surface area contributed by atoms with E-state index in [0.717, 1.165) is 19.0 Å². The highest BCUT2D eigenvalue weighted by molar-refractivity contribution is 6.30. The first-order chi connectivity index (χ1) is 8.34. The monoisotopic (exact) mass is 228 g/mol. The normalized spacial score (nSPS) is 17.2. The third kappa shape index (κ3) is 4.51. The van der Waals surface area contributed by atoms with Gasteiger partial charge >= 0.3 is 0 Å². The van der Waals surface area contributed by atoms with Crippen LogP contribution in [0.4, 0.5) is 0 Å². The highest BCUT2D eigenvalue weighted by atomic mass is 14.8. The van der Waals surface area contributed by atoms with Gasteiger partial charge in [-0.05, 0) is 30.0 Å². The van der Waals surface area contributed by atoms with Gasteiger partial charge in [0.2, 0.25) is 0 Å². The average molecular weight is 228 g/mol. The number of hydrogen-bond acceptors (Lipinski definition) is 2. The molecular weight excluding hydrogens is 207 g/mol. The standard InChI is InChI=1S/C14H21BN2/c15-14-7-6-13(11-17-14)10-16-9-8-12-4-2-1-3-5-12/h6-7,11-12,16H,1-5,8-10H2. The van der Waals surface area contributed by atoms with Crippen LogP contribution in [0.5, 0.6) is 0 Å². The molecule has 1 fully saturated rings. The first-order valence-electron chi connectivity index (χ1n) is 6.76. The molecule has 0 atom stereocenters. The van der Waals surface area contributed by atoms with Crippen LogP contribution < -0.4 is 10.9 Å². The predicted octanol–water partition coefficient (Wildman–Crippen LogP) is 1.94. The van der Waals surface area contributed by atoms with Crippen LogP contribution in [0.25, 0.3) is 0 Å². The molecule has 1 aromatic rings. The zero-order chi connectivity index (χ0) is 11.9. The molecule has 0 saturated heterocycles. The first kappa shape index (κ1) is 12.6. The van der Waals surface area contributed by atoms with Crippen LogP contribution in [0.15, 0.2) is 18.3 Å². The Balaban J connectivity index is 1.60. The molecular formula is C14H21BN2. The largest absolute Gasteiger partial charge is 0.313 e. The summed E-state index contributed by atoms with van der Waals surface area (Å²) in [5.74, 6) is 0.959. The van der Waals surface area contributed by atoms with Crippen molar-refractivity contribution < 1.29 is 0 Å². The highest BCUT2D eigenvalue weighted by Gasteiger charge is 2.12. The fourth-order valence-electron chi connectivity index (χ4n) is 2.56. The van der Waals surface area contributed by atoms with E-state index in [0.29, 0.717) is 5.59 Å². The molecule has 1 saturated carbocycles. The minimum atomic E-state index is 0.593. The zero-order valence-electron chi connectivity index (χ0n) is 10.5. The van der Waals surface area contributed by atoms with Crippen molar-refractivity contribution >= 4 is 13.4 Å². The second-order valence-corrected chi connectivity index (χ2v) is 5.06. The van der Waals surface area contributed by atoms with E-state index in [1.54, 1.807) is 0 Å². The first-order valence-corrected chi connectivity index (χ1v) is 6.76. The van der Waals surface area contributed by atoms with Crippen molar-refractivity contribution in [2.75, 3.05) is 6.54 Å².